The summed E-state index contributed by atoms with van der Waals surface area (Å²) in [6.07, 6.45) is 4.23. The fourth-order valence-corrected chi connectivity index (χ4v) is 6.14. The van der Waals surface area contributed by atoms with Gasteiger partial charge in [-0.1, -0.05) is 23.9 Å². The number of nitrogens with zero attached hydrogens (tertiary/aromatic N) is 2. The number of thioether (sulfide) groups is 1. The van der Waals surface area contributed by atoms with Crippen molar-refractivity contribution in [1.82, 2.24) is 9.55 Å². The lowest BCUT2D eigenvalue weighted by atomic mass is 9.97. The van der Waals surface area contributed by atoms with Gasteiger partial charge >= 0.3 is 0 Å². The molecule has 0 bridgehead atoms. The van der Waals surface area contributed by atoms with Crippen LogP contribution in [0, 0.1) is 0 Å². The highest BCUT2D eigenvalue weighted by Gasteiger charge is 2.24. The van der Waals surface area contributed by atoms with E-state index in [4.69, 9.17) is 4.98 Å². The number of carbonyl (C=O) groups excluding carboxylic acids is 2. The highest BCUT2D eigenvalue weighted by Crippen LogP contribution is 2.35. The molecule has 1 unspecified atom stereocenters. The molecule has 4 rings (SSSR count). The van der Waals surface area contributed by atoms with Gasteiger partial charge in [0.15, 0.2) is 10.9 Å². The summed E-state index contributed by atoms with van der Waals surface area (Å²) in [7, 11) is 0. The molecular formula is C23H25N3O3S2. The van der Waals surface area contributed by atoms with Gasteiger partial charge in [0, 0.05) is 22.7 Å². The van der Waals surface area contributed by atoms with E-state index in [0.717, 1.165) is 35.9 Å². The Kier molecular flexibility index (Phi) is 6.29. The predicted molar refractivity (Wildman–Crippen MR) is 127 cm³/mol. The first-order valence-electron chi connectivity index (χ1n) is 10.5. The fraction of sp³-hybridized carbons (Fsp3) is 0.391. The maximum absolute atomic E-state index is 13.2. The standard InChI is InChI=1S/C23H25N3O3S2/c1-4-26-22(29)19-17-10-5-6-11-18(17)31-21(19)25-23(26)30-14(3)20(28)24-16-9-7-8-15(12-16)13(2)27/h7-9,12,14H,4-6,10-11H2,1-3H3,(H,24,28). The smallest absolute Gasteiger partial charge is 0.263 e. The van der Waals surface area contributed by atoms with E-state index in [1.54, 1.807) is 47.1 Å². The number of aryl methyl sites for hydroxylation is 2. The van der Waals surface area contributed by atoms with Crippen molar-refractivity contribution >= 4 is 50.7 Å². The van der Waals surface area contributed by atoms with E-state index in [-0.39, 0.29) is 17.2 Å². The van der Waals surface area contributed by atoms with E-state index in [1.165, 1.54) is 29.1 Å². The molecule has 1 atom stereocenters. The van der Waals surface area contributed by atoms with Crippen molar-refractivity contribution in [3.8, 4) is 0 Å². The van der Waals surface area contributed by atoms with Crippen LogP contribution in [0.1, 0.15) is 54.4 Å². The molecule has 1 aliphatic rings. The first-order valence-corrected chi connectivity index (χ1v) is 12.2. The zero-order chi connectivity index (χ0) is 22.1. The molecule has 0 radical (unpaired) electrons. The largest absolute Gasteiger partial charge is 0.325 e. The van der Waals surface area contributed by atoms with E-state index in [0.29, 0.717) is 23.0 Å². The van der Waals surface area contributed by atoms with Gasteiger partial charge in [-0.2, -0.15) is 0 Å². The third-order valence-electron chi connectivity index (χ3n) is 5.54. The van der Waals surface area contributed by atoms with Crippen LogP contribution in [0.3, 0.4) is 0 Å². The predicted octanol–water partition coefficient (Wildman–Crippen LogP) is 4.68. The molecule has 1 N–H and O–H groups in total. The van der Waals surface area contributed by atoms with Gasteiger partial charge in [-0.3, -0.25) is 19.0 Å². The van der Waals surface area contributed by atoms with Crippen molar-refractivity contribution in [2.75, 3.05) is 5.32 Å². The van der Waals surface area contributed by atoms with Crippen LogP contribution >= 0.6 is 23.1 Å². The molecule has 1 amide bonds. The second-order valence-corrected chi connectivity index (χ2v) is 10.1. The summed E-state index contributed by atoms with van der Waals surface area (Å²) in [5, 5.41) is 3.74. The molecule has 3 aromatic rings. The highest BCUT2D eigenvalue weighted by atomic mass is 32.2. The Bertz CT molecular complexity index is 1230. The number of nitrogens with one attached hydrogen (secondary N) is 1. The Labute approximate surface area is 189 Å². The van der Waals surface area contributed by atoms with Crippen molar-refractivity contribution in [3.05, 3.63) is 50.6 Å². The quantitative estimate of drug-likeness (QED) is 0.332. The fourth-order valence-electron chi connectivity index (χ4n) is 3.86. The summed E-state index contributed by atoms with van der Waals surface area (Å²) in [6.45, 7) is 5.72. The molecule has 0 saturated carbocycles. The summed E-state index contributed by atoms with van der Waals surface area (Å²) in [4.78, 5) is 44.5. The molecule has 0 saturated heterocycles. The number of fused-ring (bicyclic) bond motifs is 3. The molecule has 8 heteroatoms. The molecule has 2 heterocycles. The molecule has 1 aromatic carbocycles. The van der Waals surface area contributed by atoms with E-state index in [2.05, 4.69) is 5.32 Å². The Morgan fingerprint density at radius 1 is 1.29 bits per heavy atom. The van der Waals surface area contributed by atoms with Crippen molar-refractivity contribution in [3.63, 3.8) is 0 Å². The van der Waals surface area contributed by atoms with Gasteiger partial charge in [-0.15, -0.1) is 11.3 Å². The van der Waals surface area contributed by atoms with E-state index in [1.807, 2.05) is 6.92 Å². The lowest BCUT2D eigenvalue weighted by Gasteiger charge is -2.15. The van der Waals surface area contributed by atoms with Gasteiger partial charge in [-0.25, -0.2) is 4.98 Å². The molecular weight excluding hydrogens is 430 g/mol. The molecule has 6 nitrogen and oxygen atoms in total. The normalized spacial score (nSPS) is 14.3. The summed E-state index contributed by atoms with van der Waals surface area (Å²) >= 11 is 2.91. The van der Waals surface area contributed by atoms with Crippen LogP contribution in [0.2, 0.25) is 0 Å². The van der Waals surface area contributed by atoms with Gasteiger partial charge in [0.2, 0.25) is 5.91 Å². The minimum atomic E-state index is -0.460. The third-order valence-corrected chi connectivity index (χ3v) is 7.82. The van der Waals surface area contributed by atoms with Gasteiger partial charge in [0.25, 0.3) is 5.56 Å². The topological polar surface area (TPSA) is 81.1 Å². The van der Waals surface area contributed by atoms with Crippen molar-refractivity contribution in [2.45, 2.75) is 63.4 Å². The number of hydrogen-bond acceptors (Lipinski definition) is 6. The van der Waals surface area contributed by atoms with Crippen molar-refractivity contribution in [2.24, 2.45) is 0 Å². The second-order valence-electron chi connectivity index (χ2n) is 7.72. The number of Topliss-reactive ketones (excluding diaryl/α,β-unsaturated/α-hetero) is 1. The summed E-state index contributed by atoms with van der Waals surface area (Å²) < 4.78 is 1.68. The number of benzene rings is 1. The number of hydrogen-bond donors (Lipinski definition) is 1. The lowest BCUT2D eigenvalue weighted by Crippen LogP contribution is -2.26. The molecule has 31 heavy (non-hydrogen) atoms. The van der Waals surface area contributed by atoms with Crippen LogP contribution < -0.4 is 10.9 Å². The number of ketones is 1. The van der Waals surface area contributed by atoms with E-state index >= 15 is 0 Å². The van der Waals surface area contributed by atoms with Crippen LogP contribution in [0.4, 0.5) is 5.69 Å². The Balaban J connectivity index is 1.60. The van der Waals surface area contributed by atoms with Gasteiger partial charge in [-0.05, 0) is 64.2 Å². The van der Waals surface area contributed by atoms with E-state index < -0.39 is 5.25 Å². The molecule has 0 fully saturated rings. The monoisotopic (exact) mass is 455 g/mol. The minimum absolute atomic E-state index is 0.00355. The Hall–Kier alpha value is -2.45. The van der Waals surface area contributed by atoms with Crippen LogP contribution in [0.5, 0.6) is 0 Å². The van der Waals surface area contributed by atoms with Crippen LogP contribution in [0.25, 0.3) is 10.2 Å². The average Bonchev–Trinajstić information content (AvgIpc) is 3.12. The number of aromatic nitrogens is 2. The number of anilines is 1. The number of carbonyl (C=O) groups is 2. The SMILES string of the molecule is CCn1c(SC(C)C(=O)Nc2cccc(C(C)=O)c2)nc2sc3c(c2c1=O)CCCC3. The maximum atomic E-state index is 13.2. The van der Waals surface area contributed by atoms with Crippen LogP contribution in [-0.2, 0) is 24.2 Å². The molecule has 0 aliphatic heterocycles. The van der Waals surface area contributed by atoms with Gasteiger partial charge in [0.05, 0.1) is 10.6 Å². The lowest BCUT2D eigenvalue weighted by molar-refractivity contribution is -0.115. The Morgan fingerprint density at radius 3 is 2.81 bits per heavy atom. The molecule has 162 valence electrons. The third kappa shape index (κ3) is 4.32. The average molecular weight is 456 g/mol. The van der Waals surface area contributed by atoms with Crippen LogP contribution in [-0.4, -0.2) is 26.5 Å². The summed E-state index contributed by atoms with van der Waals surface area (Å²) in [5.74, 6) is -0.255. The molecule has 1 aliphatic carbocycles. The number of thiophene rings is 1. The summed E-state index contributed by atoms with van der Waals surface area (Å²) in [5.41, 5.74) is 2.30. The van der Waals surface area contributed by atoms with Crippen LogP contribution in [0.15, 0.2) is 34.2 Å². The van der Waals surface area contributed by atoms with E-state index in [9.17, 15) is 14.4 Å². The molecule has 2 aromatic heterocycles. The zero-order valence-electron chi connectivity index (χ0n) is 17.9. The Morgan fingerprint density at radius 2 is 2.06 bits per heavy atom. The van der Waals surface area contributed by atoms with Gasteiger partial charge in [0.1, 0.15) is 4.83 Å². The molecule has 0 spiro atoms. The minimum Gasteiger partial charge on any atom is -0.325 e. The number of amides is 1. The maximum Gasteiger partial charge on any atom is 0.263 e. The second kappa shape index (κ2) is 8.96. The zero-order valence-corrected chi connectivity index (χ0v) is 19.5. The highest BCUT2D eigenvalue weighted by molar-refractivity contribution is 8.00. The number of rotatable bonds is 6. The summed E-state index contributed by atoms with van der Waals surface area (Å²) in [6, 6.07) is 6.88. The first-order chi connectivity index (χ1) is 14.9. The first kappa shape index (κ1) is 21.8. The van der Waals surface area contributed by atoms with Gasteiger partial charge < -0.3 is 5.32 Å². The van der Waals surface area contributed by atoms with Crippen molar-refractivity contribution < 1.29 is 9.59 Å². The van der Waals surface area contributed by atoms with Crippen molar-refractivity contribution in [1.29, 1.82) is 0 Å².